The second kappa shape index (κ2) is 2.87. The van der Waals surface area contributed by atoms with Gasteiger partial charge in [-0.2, -0.15) is 0 Å². The van der Waals surface area contributed by atoms with E-state index in [2.05, 4.69) is 36.1 Å². The zero-order valence-corrected chi connectivity index (χ0v) is 7.67. The van der Waals surface area contributed by atoms with Gasteiger partial charge >= 0.3 is 0 Å². The highest BCUT2D eigenvalue weighted by Gasteiger charge is 2.12. The van der Waals surface area contributed by atoms with Crippen LogP contribution in [-0.4, -0.2) is 8.14 Å². The summed E-state index contributed by atoms with van der Waals surface area (Å²) in [5, 5.41) is 0.528. The first-order valence-electron chi connectivity index (χ1n) is 2.50. The Morgan fingerprint density at radius 2 is 2.00 bits per heavy atom. The fourth-order valence-electron chi connectivity index (χ4n) is 0.0668. The van der Waals surface area contributed by atoms with Crippen LogP contribution in [-0.2, 0) is 0 Å². The summed E-state index contributed by atoms with van der Waals surface area (Å²) in [5.74, 6) is 0. The summed E-state index contributed by atoms with van der Waals surface area (Å²) in [4.78, 5) is 0. The van der Waals surface area contributed by atoms with Crippen LogP contribution < -0.4 is 0 Å². The van der Waals surface area contributed by atoms with E-state index in [4.69, 9.17) is 0 Å². The molecule has 2 heteroatoms. The Labute approximate surface area is 56.1 Å². The molecule has 0 N–H and O–H groups in total. The summed E-state index contributed by atoms with van der Waals surface area (Å²) in [6, 6.07) is 0. The maximum Gasteiger partial charge on any atom is 0.143 e. The van der Waals surface area contributed by atoms with Crippen LogP contribution in [0.3, 0.4) is 0 Å². The highest BCUT2D eigenvalue weighted by Crippen LogP contribution is 2.27. The molecule has 0 aliphatic rings. The van der Waals surface area contributed by atoms with E-state index >= 15 is 0 Å². The average molecular weight is 179 g/mol. The molecule has 0 nitrogen and oxygen atoms in total. The number of rotatable bonds is 2. The van der Waals surface area contributed by atoms with Crippen LogP contribution in [0.5, 0.6) is 0 Å². The molecule has 0 atom stereocenters. The molecular weight excluding hydrogens is 168 g/mol. The van der Waals surface area contributed by atoms with Crippen molar-refractivity contribution in [3.63, 3.8) is 0 Å². The van der Waals surface area contributed by atoms with E-state index in [-0.39, 0.29) is 0 Å². The first-order valence-corrected chi connectivity index (χ1v) is 5.76. The van der Waals surface area contributed by atoms with Crippen LogP contribution in [0.4, 0.5) is 0 Å². The second-order valence-electron chi connectivity index (χ2n) is 2.33. The standard InChI is InChI=1S/C5H11BrSi/c1-4-5(2,3)7-6/h4H2,1-3H3. The van der Waals surface area contributed by atoms with Crippen LogP contribution in [0.15, 0.2) is 0 Å². The molecule has 0 amide bonds. The van der Waals surface area contributed by atoms with Crippen LogP contribution in [0, 0.1) is 0 Å². The van der Waals surface area contributed by atoms with E-state index in [1.807, 2.05) is 0 Å². The zero-order valence-electron chi connectivity index (χ0n) is 5.09. The van der Waals surface area contributed by atoms with Gasteiger partial charge in [-0.3, -0.25) is 0 Å². The van der Waals surface area contributed by atoms with Crippen molar-refractivity contribution >= 4 is 23.4 Å². The molecule has 0 aliphatic carbocycles. The Morgan fingerprint density at radius 1 is 1.57 bits per heavy atom. The van der Waals surface area contributed by atoms with Crippen molar-refractivity contribution in [1.29, 1.82) is 0 Å². The molecule has 0 rings (SSSR count). The Hall–Kier alpha value is 0.697. The third kappa shape index (κ3) is 3.29. The van der Waals surface area contributed by atoms with Crippen LogP contribution in [0.1, 0.15) is 27.2 Å². The summed E-state index contributed by atoms with van der Waals surface area (Å²) in [6.45, 7) is 6.74. The molecule has 0 heterocycles. The minimum Gasteiger partial charge on any atom is -0.131 e. The summed E-state index contributed by atoms with van der Waals surface area (Å²) in [6.07, 6.45) is 1.26. The van der Waals surface area contributed by atoms with Gasteiger partial charge in [-0.25, -0.2) is 0 Å². The molecule has 0 unspecified atom stereocenters. The van der Waals surface area contributed by atoms with Crippen molar-refractivity contribution < 1.29 is 0 Å². The monoisotopic (exact) mass is 178 g/mol. The second-order valence-corrected chi connectivity index (χ2v) is 5.06. The molecule has 7 heavy (non-hydrogen) atoms. The molecule has 42 valence electrons. The van der Waals surface area contributed by atoms with E-state index in [0.717, 1.165) is 8.14 Å². The van der Waals surface area contributed by atoms with Gasteiger partial charge in [0.1, 0.15) is 8.14 Å². The van der Waals surface area contributed by atoms with Crippen molar-refractivity contribution in [3.05, 3.63) is 0 Å². The first kappa shape index (κ1) is 7.70. The first-order chi connectivity index (χ1) is 3.12. The van der Waals surface area contributed by atoms with Crippen molar-refractivity contribution in [3.8, 4) is 0 Å². The lowest BCUT2D eigenvalue weighted by atomic mass is 10.1. The molecule has 0 bridgehead atoms. The largest absolute Gasteiger partial charge is 0.143 e. The molecular formula is C5H11BrSi. The van der Waals surface area contributed by atoms with Gasteiger partial charge in [-0.05, 0) is 5.04 Å². The molecule has 0 aromatic rings. The van der Waals surface area contributed by atoms with E-state index < -0.39 is 0 Å². The fraction of sp³-hybridized carbons (Fsp3) is 1.00. The maximum atomic E-state index is 3.46. The smallest absolute Gasteiger partial charge is 0.131 e. The Balaban J connectivity index is 3.36. The number of hydrogen-bond donors (Lipinski definition) is 0. The predicted octanol–water partition coefficient (Wildman–Crippen LogP) is 2.61. The van der Waals surface area contributed by atoms with Crippen molar-refractivity contribution in [2.75, 3.05) is 0 Å². The number of hydrogen-bond acceptors (Lipinski definition) is 0. The van der Waals surface area contributed by atoms with Crippen LogP contribution in [0.2, 0.25) is 5.04 Å². The number of halogens is 1. The molecule has 0 spiro atoms. The van der Waals surface area contributed by atoms with Crippen molar-refractivity contribution in [2.45, 2.75) is 32.2 Å². The quantitative estimate of drug-likeness (QED) is 0.451. The summed E-state index contributed by atoms with van der Waals surface area (Å²) >= 11 is 3.46. The van der Waals surface area contributed by atoms with Crippen molar-refractivity contribution in [2.24, 2.45) is 0 Å². The Morgan fingerprint density at radius 3 is 2.00 bits per heavy atom. The van der Waals surface area contributed by atoms with Gasteiger partial charge in [-0.1, -0.05) is 27.2 Å². The normalized spacial score (nSPS) is 12.0. The molecule has 0 saturated heterocycles. The van der Waals surface area contributed by atoms with Gasteiger partial charge in [0.15, 0.2) is 0 Å². The lowest BCUT2D eigenvalue weighted by molar-refractivity contribution is 0.652. The van der Waals surface area contributed by atoms with Gasteiger partial charge in [0.2, 0.25) is 0 Å². The maximum absolute atomic E-state index is 3.46. The highest BCUT2D eigenvalue weighted by molar-refractivity contribution is 9.23. The molecule has 0 saturated carbocycles. The van der Waals surface area contributed by atoms with Gasteiger partial charge < -0.3 is 0 Å². The topological polar surface area (TPSA) is 0 Å². The Bertz CT molecular complexity index is 46.0. The summed E-state index contributed by atoms with van der Waals surface area (Å²) < 4.78 is 0. The van der Waals surface area contributed by atoms with Crippen molar-refractivity contribution in [1.82, 2.24) is 0 Å². The minimum absolute atomic E-state index is 0.528. The molecule has 0 aromatic carbocycles. The zero-order chi connectivity index (χ0) is 5.91. The van der Waals surface area contributed by atoms with Gasteiger partial charge in [-0.15, -0.1) is 15.3 Å². The SMILES string of the molecule is CCC(C)(C)[Si]Br. The summed E-state index contributed by atoms with van der Waals surface area (Å²) in [5.41, 5.74) is 0. The van der Waals surface area contributed by atoms with Crippen LogP contribution >= 0.6 is 15.3 Å². The molecule has 0 aliphatic heterocycles. The van der Waals surface area contributed by atoms with E-state index in [1.54, 1.807) is 0 Å². The van der Waals surface area contributed by atoms with Crippen LogP contribution in [0.25, 0.3) is 0 Å². The molecule has 0 aromatic heterocycles. The van der Waals surface area contributed by atoms with Gasteiger partial charge in [0.05, 0.1) is 0 Å². The average Bonchev–Trinajstić information content (AvgIpc) is 1.68. The predicted molar refractivity (Wildman–Crippen MR) is 39.0 cm³/mol. The highest BCUT2D eigenvalue weighted by atomic mass is 79.9. The Kier molecular flexibility index (Phi) is 3.16. The summed E-state index contributed by atoms with van der Waals surface area (Å²) in [7, 11) is 0.897. The van der Waals surface area contributed by atoms with Gasteiger partial charge in [0.25, 0.3) is 0 Å². The van der Waals surface area contributed by atoms with E-state index in [0.29, 0.717) is 5.04 Å². The van der Waals surface area contributed by atoms with E-state index in [1.165, 1.54) is 6.42 Å². The van der Waals surface area contributed by atoms with E-state index in [9.17, 15) is 0 Å². The molecule has 0 fully saturated rings. The fourth-order valence-corrected chi connectivity index (χ4v) is 1.04. The minimum atomic E-state index is 0.528. The third-order valence-corrected chi connectivity index (χ3v) is 5.22. The third-order valence-electron chi connectivity index (χ3n) is 1.14. The lowest BCUT2D eigenvalue weighted by Gasteiger charge is -2.16. The lowest BCUT2D eigenvalue weighted by Crippen LogP contribution is -2.04. The molecule has 2 radical (unpaired) electrons. The van der Waals surface area contributed by atoms with Gasteiger partial charge in [0, 0.05) is 0 Å².